The van der Waals surface area contributed by atoms with Crippen molar-refractivity contribution >= 4 is 5.69 Å². The molecule has 1 aromatic rings. The second-order valence-electron chi connectivity index (χ2n) is 3.89. The smallest absolute Gasteiger partial charge is 0.273 e. The van der Waals surface area contributed by atoms with Crippen molar-refractivity contribution in [2.45, 2.75) is 13.5 Å². The monoisotopic (exact) mass is 254 g/mol. The van der Waals surface area contributed by atoms with Crippen LogP contribution in [-0.2, 0) is 6.54 Å². The van der Waals surface area contributed by atoms with Crippen molar-refractivity contribution in [1.29, 1.82) is 0 Å². The molecule has 18 heavy (non-hydrogen) atoms. The maximum absolute atomic E-state index is 10.8. The average molecular weight is 254 g/mol. The number of methoxy groups -OCH3 is 1. The molecule has 0 amide bonds. The number of likely N-dealkylation sites (N-methyl/N-ethyl adjacent to an activating group) is 1. The fourth-order valence-electron chi connectivity index (χ4n) is 1.71. The van der Waals surface area contributed by atoms with E-state index >= 15 is 0 Å². The van der Waals surface area contributed by atoms with Crippen LogP contribution in [-0.4, -0.2) is 41.7 Å². The number of ether oxygens (including phenoxy) is 1. The van der Waals surface area contributed by atoms with Crippen LogP contribution in [0.15, 0.2) is 18.2 Å². The minimum Gasteiger partial charge on any atom is -0.496 e. The molecule has 0 fully saturated rings. The molecule has 0 aliphatic rings. The Labute approximate surface area is 106 Å². The predicted molar refractivity (Wildman–Crippen MR) is 67.7 cm³/mol. The molecular weight excluding hydrogens is 236 g/mol. The number of rotatable bonds is 7. The van der Waals surface area contributed by atoms with Crippen LogP contribution in [0.3, 0.4) is 0 Å². The first-order valence-corrected chi connectivity index (χ1v) is 5.76. The minimum absolute atomic E-state index is 0.0180. The summed E-state index contributed by atoms with van der Waals surface area (Å²) in [5.74, 6) is 0.472. The highest BCUT2D eigenvalue weighted by Gasteiger charge is 2.12. The molecule has 0 aliphatic heterocycles. The van der Waals surface area contributed by atoms with Crippen LogP contribution in [0.2, 0.25) is 0 Å². The van der Waals surface area contributed by atoms with Gasteiger partial charge in [0.15, 0.2) is 0 Å². The summed E-state index contributed by atoms with van der Waals surface area (Å²) in [7, 11) is 1.48. The number of aliphatic hydroxyl groups is 1. The summed E-state index contributed by atoms with van der Waals surface area (Å²) in [6, 6.07) is 4.70. The molecule has 1 N–H and O–H groups in total. The molecule has 1 aromatic carbocycles. The van der Waals surface area contributed by atoms with Gasteiger partial charge in [-0.25, -0.2) is 0 Å². The first kappa shape index (κ1) is 14.4. The van der Waals surface area contributed by atoms with Gasteiger partial charge in [-0.2, -0.15) is 0 Å². The molecule has 6 heteroatoms. The van der Waals surface area contributed by atoms with Gasteiger partial charge in [0.05, 0.1) is 24.7 Å². The van der Waals surface area contributed by atoms with Gasteiger partial charge in [0.1, 0.15) is 5.75 Å². The Morgan fingerprint density at radius 2 is 2.17 bits per heavy atom. The van der Waals surface area contributed by atoms with E-state index in [4.69, 9.17) is 9.84 Å². The highest BCUT2D eigenvalue weighted by molar-refractivity contribution is 5.42. The maximum Gasteiger partial charge on any atom is 0.273 e. The Morgan fingerprint density at radius 3 is 2.67 bits per heavy atom. The highest BCUT2D eigenvalue weighted by Crippen LogP contribution is 2.23. The molecule has 0 heterocycles. The Kier molecular flexibility index (Phi) is 5.54. The molecule has 0 radical (unpaired) electrons. The van der Waals surface area contributed by atoms with Gasteiger partial charge in [-0.1, -0.05) is 6.92 Å². The predicted octanol–water partition coefficient (Wildman–Crippen LogP) is 1.42. The Balaban J connectivity index is 2.93. The van der Waals surface area contributed by atoms with Gasteiger partial charge in [-0.15, -0.1) is 0 Å². The third-order valence-corrected chi connectivity index (χ3v) is 2.67. The van der Waals surface area contributed by atoms with Crippen molar-refractivity contribution in [3.8, 4) is 5.75 Å². The maximum atomic E-state index is 10.8. The second-order valence-corrected chi connectivity index (χ2v) is 3.89. The Hall–Kier alpha value is -1.66. The summed E-state index contributed by atoms with van der Waals surface area (Å²) < 4.78 is 5.05. The molecule has 0 unspecified atom stereocenters. The lowest BCUT2D eigenvalue weighted by molar-refractivity contribution is -0.385. The van der Waals surface area contributed by atoms with E-state index < -0.39 is 4.92 Å². The zero-order valence-electron chi connectivity index (χ0n) is 10.6. The normalized spacial score (nSPS) is 10.7. The van der Waals surface area contributed by atoms with Gasteiger partial charge in [0, 0.05) is 19.2 Å². The molecule has 0 spiro atoms. The molecule has 100 valence electrons. The second kappa shape index (κ2) is 6.93. The van der Waals surface area contributed by atoms with Crippen molar-refractivity contribution < 1.29 is 14.8 Å². The number of hydrogen-bond acceptors (Lipinski definition) is 5. The number of nitro groups is 1. The van der Waals surface area contributed by atoms with Crippen molar-refractivity contribution in [1.82, 2.24) is 4.90 Å². The van der Waals surface area contributed by atoms with E-state index in [1.165, 1.54) is 19.2 Å². The van der Waals surface area contributed by atoms with Crippen LogP contribution in [0.1, 0.15) is 12.5 Å². The van der Waals surface area contributed by atoms with E-state index in [-0.39, 0.29) is 12.3 Å². The standard InChI is InChI=1S/C12H18N2O4/c1-3-13(4-5-15)9-10-6-11(14(16)17)8-12(7-10)18-2/h6-8,15H,3-5,9H2,1-2H3. The first-order chi connectivity index (χ1) is 8.60. The quantitative estimate of drug-likeness (QED) is 0.588. The average Bonchev–Trinajstić information content (AvgIpc) is 2.37. The number of nitrogens with zero attached hydrogens (tertiary/aromatic N) is 2. The van der Waals surface area contributed by atoms with Gasteiger partial charge in [-0.05, 0) is 18.2 Å². The number of aliphatic hydroxyl groups excluding tert-OH is 1. The van der Waals surface area contributed by atoms with Crippen LogP contribution in [0.4, 0.5) is 5.69 Å². The zero-order chi connectivity index (χ0) is 13.5. The van der Waals surface area contributed by atoms with Crippen molar-refractivity contribution in [2.75, 3.05) is 26.8 Å². The van der Waals surface area contributed by atoms with Crippen molar-refractivity contribution in [3.63, 3.8) is 0 Å². The van der Waals surface area contributed by atoms with Gasteiger partial charge < -0.3 is 9.84 Å². The summed E-state index contributed by atoms with van der Waals surface area (Å²) in [6.45, 7) is 3.91. The number of benzene rings is 1. The third kappa shape index (κ3) is 3.97. The Morgan fingerprint density at radius 1 is 1.44 bits per heavy atom. The molecule has 0 bridgehead atoms. The number of nitro benzene ring substituents is 1. The van der Waals surface area contributed by atoms with Gasteiger partial charge >= 0.3 is 0 Å². The lowest BCUT2D eigenvalue weighted by Gasteiger charge is -2.19. The van der Waals surface area contributed by atoms with E-state index in [2.05, 4.69) is 0 Å². The first-order valence-electron chi connectivity index (χ1n) is 5.76. The van der Waals surface area contributed by atoms with Crippen LogP contribution in [0.5, 0.6) is 5.75 Å². The summed E-state index contributed by atoms with van der Waals surface area (Å²) >= 11 is 0. The minimum atomic E-state index is -0.436. The summed E-state index contributed by atoms with van der Waals surface area (Å²) in [5, 5.41) is 19.7. The van der Waals surface area contributed by atoms with Crippen LogP contribution >= 0.6 is 0 Å². The highest BCUT2D eigenvalue weighted by atomic mass is 16.6. The molecule has 0 aromatic heterocycles. The molecule has 1 rings (SSSR count). The summed E-state index contributed by atoms with van der Waals surface area (Å²) in [4.78, 5) is 12.4. The van der Waals surface area contributed by atoms with Crippen LogP contribution < -0.4 is 4.74 Å². The third-order valence-electron chi connectivity index (χ3n) is 2.67. The topological polar surface area (TPSA) is 75.8 Å². The molecule has 0 atom stereocenters. The van der Waals surface area contributed by atoms with E-state index in [9.17, 15) is 10.1 Å². The molecular formula is C12H18N2O4. The lowest BCUT2D eigenvalue weighted by atomic mass is 10.1. The molecule has 0 aliphatic carbocycles. The van der Waals surface area contributed by atoms with E-state index in [1.807, 2.05) is 11.8 Å². The molecule has 6 nitrogen and oxygen atoms in total. The lowest BCUT2D eigenvalue weighted by Crippen LogP contribution is -2.26. The van der Waals surface area contributed by atoms with E-state index in [1.54, 1.807) is 6.07 Å². The van der Waals surface area contributed by atoms with Crippen molar-refractivity contribution in [2.24, 2.45) is 0 Å². The largest absolute Gasteiger partial charge is 0.496 e. The summed E-state index contributed by atoms with van der Waals surface area (Å²) in [6.07, 6.45) is 0. The fraction of sp³-hybridized carbons (Fsp3) is 0.500. The molecule has 0 saturated heterocycles. The SMILES string of the molecule is CCN(CCO)Cc1cc(OC)cc([N+](=O)[O-])c1. The Bertz CT molecular complexity index is 409. The van der Waals surface area contributed by atoms with Gasteiger partial charge in [0.2, 0.25) is 0 Å². The number of hydrogen-bond donors (Lipinski definition) is 1. The van der Waals surface area contributed by atoms with Crippen LogP contribution in [0, 0.1) is 10.1 Å². The summed E-state index contributed by atoms with van der Waals surface area (Å²) in [5.41, 5.74) is 0.820. The van der Waals surface area contributed by atoms with Gasteiger partial charge in [0.25, 0.3) is 5.69 Å². The van der Waals surface area contributed by atoms with Gasteiger partial charge in [-0.3, -0.25) is 15.0 Å². The van der Waals surface area contributed by atoms with Crippen LogP contribution in [0.25, 0.3) is 0 Å². The number of non-ortho nitro benzene ring substituents is 1. The van der Waals surface area contributed by atoms with Crippen molar-refractivity contribution in [3.05, 3.63) is 33.9 Å². The zero-order valence-corrected chi connectivity index (χ0v) is 10.6. The van der Waals surface area contributed by atoms with E-state index in [0.717, 1.165) is 12.1 Å². The fourth-order valence-corrected chi connectivity index (χ4v) is 1.71. The van der Waals surface area contributed by atoms with E-state index in [0.29, 0.717) is 18.8 Å². The molecule has 0 saturated carbocycles.